The molecule has 0 radical (unpaired) electrons. The predicted molar refractivity (Wildman–Crippen MR) is 152 cm³/mol. The highest BCUT2D eigenvalue weighted by atomic mass is 35.5. The number of hydrogen-bond acceptors (Lipinski definition) is 5. The van der Waals surface area contributed by atoms with Gasteiger partial charge in [0.25, 0.3) is 5.56 Å². The fraction of sp³-hybridized carbons (Fsp3) is 0.233. The van der Waals surface area contributed by atoms with Gasteiger partial charge in [0.2, 0.25) is 0 Å². The molecule has 0 N–H and O–H groups in total. The summed E-state index contributed by atoms with van der Waals surface area (Å²) in [5.74, 6) is -0.460. The van der Waals surface area contributed by atoms with Gasteiger partial charge in [0.15, 0.2) is 4.80 Å². The van der Waals surface area contributed by atoms with Crippen molar-refractivity contribution >= 4 is 35.0 Å². The van der Waals surface area contributed by atoms with Gasteiger partial charge in [-0.05, 0) is 76.1 Å². The second-order valence-electron chi connectivity index (χ2n) is 9.35. The molecule has 4 aromatic rings. The molecule has 0 fully saturated rings. The van der Waals surface area contributed by atoms with Crippen molar-refractivity contribution in [2.45, 2.75) is 40.7 Å². The largest absolute Gasteiger partial charge is 0.463 e. The van der Waals surface area contributed by atoms with Crippen LogP contribution in [0.25, 0.3) is 11.8 Å². The Morgan fingerprint density at radius 2 is 1.84 bits per heavy atom. The second kappa shape index (κ2) is 10.2. The van der Waals surface area contributed by atoms with Crippen LogP contribution in [0, 0.1) is 20.8 Å². The maximum Gasteiger partial charge on any atom is 0.338 e. The number of esters is 1. The van der Waals surface area contributed by atoms with Crippen molar-refractivity contribution in [1.29, 1.82) is 0 Å². The number of hydrogen-bond donors (Lipinski definition) is 0. The Labute approximate surface area is 229 Å². The van der Waals surface area contributed by atoms with Gasteiger partial charge in [-0.15, -0.1) is 0 Å². The molecule has 194 valence electrons. The Morgan fingerprint density at radius 3 is 2.53 bits per heavy atom. The number of nitrogens with zero attached hydrogens (tertiary/aromatic N) is 3. The van der Waals surface area contributed by atoms with Crippen molar-refractivity contribution < 1.29 is 9.53 Å². The Morgan fingerprint density at radius 1 is 1.11 bits per heavy atom. The fourth-order valence-electron chi connectivity index (χ4n) is 4.94. The van der Waals surface area contributed by atoms with E-state index < -0.39 is 12.0 Å². The molecule has 1 aliphatic heterocycles. The van der Waals surface area contributed by atoms with Gasteiger partial charge >= 0.3 is 5.97 Å². The zero-order valence-electron chi connectivity index (χ0n) is 21.9. The van der Waals surface area contributed by atoms with Gasteiger partial charge in [-0.3, -0.25) is 9.36 Å². The minimum Gasteiger partial charge on any atom is -0.463 e. The molecule has 3 heterocycles. The molecule has 2 aromatic carbocycles. The molecule has 6 nitrogen and oxygen atoms in total. The molecule has 0 saturated carbocycles. The summed E-state index contributed by atoms with van der Waals surface area (Å²) in [7, 11) is 0. The number of carbonyl (C=O) groups excluding carboxylic acids is 1. The number of carbonyl (C=O) groups is 1. The van der Waals surface area contributed by atoms with Crippen molar-refractivity contribution in [2.24, 2.45) is 4.99 Å². The molecule has 0 bridgehead atoms. The number of fused-ring (bicyclic) bond motifs is 1. The normalized spacial score (nSPS) is 15.4. The van der Waals surface area contributed by atoms with Gasteiger partial charge in [0, 0.05) is 22.1 Å². The zero-order chi connectivity index (χ0) is 27.1. The fourth-order valence-corrected chi connectivity index (χ4v) is 6.17. The highest BCUT2D eigenvalue weighted by Crippen LogP contribution is 2.31. The summed E-state index contributed by atoms with van der Waals surface area (Å²) in [4.78, 5) is 32.2. The summed E-state index contributed by atoms with van der Waals surface area (Å²) in [6.45, 7) is 9.85. The van der Waals surface area contributed by atoms with Gasteiger partial charge in [-0.25, -0.2) is 9.79 Å². The summed E-state index contributed by atoms with van der Waals surface area (Å²) >= 11 is 7.57. The van der Waals surface area contributed by atoms with Crippen molar-refractivity contribution in [3.63, 3.8) is 0 Å². The quantitative estimate of drug-likeness (QED) is 0.325. The number of thiazole rings is 1. The molecule has 1 aliphatic rings. The van der Waals surface area contributed by atoms with Crippen LogP contribution >= 0.6 is 22.9 Å². The van der Waals surface area contributed by atoms with Crippen molar-refractivity contribution in [3.8, 4) is 5.69 Å². The molecule has 0 amide bonds. The first kappa shape index (κ1) is 25.9. The molecule has 8 heteroatoms. The lowest BCUT2D eigenvalue weighted by Gasteiger charge is -2.24. The smallest absolute Gasteiger partial charge is 0.338 e. The van der Waals surface area contributed by atoms with E-state index in [1.54, 1.807) is 18.4 Å². The van der Waals surface area contributed by atoms with Gasteiger partial charge in [0.1, 0.15) is 0 Å². The monoisotopic (exact) mass is 545 g/mol. The Hall–Kier alpha value is -3.68. The molecule has 0 saturated heterocycles. The number of ether oxygens (including phenoxy) is 1. The lowest BCUT2D eigenvalue weighted by atomic mass is 9.95. The van der Waals surface area contributed by atoms with E-state index in [4.69, 9.17) is 16.3 Å². The third-order valence-corrected chi connectivity index (χ3v) is 7.95. The van der Waals surface area contributed by atoms with E-state index in [0.29, 0.717) is 25.6 Å². The number of allylic oxidation sites excluding steroid dienone is 1. The van der Waals surface area contributed by atoms with Gasteiger partial charge in [-0.1, -0.05) is 58.8 Å². The minimum absolute atomic E-state index is 0.193. The molecule has 0 unspecified atom stereocenters. The molecule has 5 rings (SSSR count). The van der Waals surface area contributed by atoms with Crippen LogP contribution in [-0.2, 0) is 9.53 Å². The van der Waals surface area contributed by atoms with E-state index >= 15 is 0 Å². The van der Waals surface area contributed by atoms with Crippen molar-refractivity contribution in [1.82, 2.24) is 9.13 Å². The van der Waals surface area contributed by atoms with Crippen LogP contribution in [0.3, 0.4) is 0 Å². The maximum atomic E-state index is 13.9. The number of rotatable bonds is 5. The third-order valence-electron chi connectivity index (χ3n) is 6.73. The summed E-state index contributed by atoms with van der Waals surface area (Å²) in [6, 6.07) is 17.0. The average Bonchev–Trinajstić information content (AvgIpc) is 3.33. The number of aromatic nitrogens is 2. The van der Waals surface area contributed by atoms with Gasteiger partial charge in [0.05, 0.1) is 28.5 Å². The maximum absolute atomic E-state index is 13.9. The number of aryl methyl sites for hydroxylation is 2. The summed E-state index contributed by atoms with van der Waals surface area (Å²) in [5.41, 5.74) is 6.59. The first-order valence-corrected chi connectivity index (χ1v) is 13.6. The number of benzene rings is 2. The van der Waals surface area contributed by atoms with Crippen LogP contribution in [0.5, 0.6) is 0 Å². The second-order valence-corrected chi connectivity index (χ2v) is 10.8. The van der Waals surface area contributed by atoms with E-state index in [0.717, 1.165) is 33.8 Å². The third kappa shape index (κ3) is 4.57. The predicted octanol–water partition coefficient (Wildman–Crippen LogP) is 5.17. The highest BCUT2D eigenvalue weighted by Gasteiger charge is 2.33. The first-order chi connectivity index (χ1) is 18.2. The molecular weight excluding hydrogens is 518 g/mol. The van der Waals surface area contributed by atoms with Gasteiger partial charge < -0.3 is 9.30 Å². The highest BCUT2D eigenvalue weighted by molar-refractivity contribution is 7.07. The lowest BCUT2D eigenvalue weighted by Crippen LogP contribution is -2.39. The van der Waals surface area contributed by atoms with E-state index in [1.807, 2.05) is 75.4 Å². The lowest BCUT2D eigenvalue weighted by molar-refractivity contribution is -0.139. The standard InChI is InChI=1S/C30H28ClN3O3S/c1-6-37-29(36)26-19(4)32-30-34(27(26)21-12-10-17(2)11-13-21)28(35)25(38-30)15-22-14-18(3)33(20(22)5)24-9-7-8-23(31)16-24/h7-16,27H,6H2,1-5H3/b25-15+/t27-/m0/s1. The van der Waals surface area contributed by atoms with Crippen LogP contribution in [-0.4, -0.2) is 21.7 Å². The minimum atomic E-state index is -0.619. The molecule has 38 heavy (non-hydrogen) atoms. The molecular formula is C30H28ClN3O3S. The van der Waals surface area contributed by atoms with Crippen LogP contribution < -0.4 is 14.9 Å². The van der Waals surface area contributed by atoms with Crippen LogP contribution in [0.4, 0.5) is 0 Å². The first-order valence-electron chi connectivity index (χ1n) is 12.4. The Balaban J connectivity index is 1.69. The van der Waals surface area contributed by atoms with Crippen LogP contribution in [0.2, 0.25) is 5.02 Å². The average molecular weight is 546 g/mol. The summed E-state index contributed by atoms with van der Waals surface area (Å²) < 4.78 is 9.66. The Kier molecular flexibility index (Phi) is 6.99. The summed E-state index contributed by atoms with van der Waals surface area (Å²) in [6.07, 6.45) is 1.91. The van der Waals surface area contributed by atoms with E-state index in [9.17, 15) is 9.59 Å². The number of halogens is 1. The molecule has 2 aromatic heterocycles. The van der Waals surface area contributed by atoms with E-state index in [2.05, 4.69) is 15.6 Å². The van der Waals surface area contributed by atoms with Crippen LogP contribution in [0.15, 0.2) is 75.7 Å². The molecule has 1 atom stereocenters. The SMILES string of the molecule is CCOC(=O)C1=C(C)N=c2s/c(=C/c3cc(C)n(-c4cccc(Cl)c4)c3C)c(=O)n2[C@H]1c1ccc(C)cc1. The topological polar surface area (TPSA) is 65.6 Å². The Bertz CT molecular complexity index is 1770. The van der Waals surface area contributed by atoms with E-state index in [1.165, 1.54) is 11.3 Å². The molecule has 0 spiro atoms. The zero-order valence-corrected chi connectivity index (χ0v) is 23.5. The molecule has 0 aliphatic carbocycles. The van der Waals surface area contributed by atoms with Gasteiger partial charge in [-0.2, -0.15) is 0 Å². The van der Waals surface area contributed by atoms with Crippen molar-refractivity contribution in [2.75, 3.05) is 6.61 Å². The summed E-state index contributed by atoms with van der Waals surface area (Å²) in [5, 5.41) is 0.661. The van der Waals surface area contributed by atoms with E-state index in [-0.39, 0.29) is 12.2 Å². The van der Waals surface area contributed by atoms with Crippen molar-refractivity contribution in [3.05, 3.63) is 119 Å². The van der Waals surface area contributed by atoms with Crippen LogP contribution in [0.1, 0.15) is 48.0 Å².